The number of phenols is 1. The maximum Gasteiger partial charge on any atom is 0.337 e. The summed E-state index contributed by atoms with van der Waals surface area (Å²) in [5, 5.41) is 15.1. The zero-order chi connectivity index (χ0) is 26.3. The van der Waals surface area contributed by atoms with Gasteiger partial charge in [0.2, 0.25) is 0 Å². The van der Waals surface area contributed by atoms with Crippen LogP contribution in [0.4, 0.5) is 5.69 Å². The van der Waals surface area contributed by atoms with Crippen molar-refractivity contribution < 1.29 is 14.6 Å². The van der Waals surface area contributed by atoms with Crippen LogP contribution in [-0.4, -0.2) is 32.8 Å². The molecule has 0 bridgehead atoms. The number of nitrogens with one attached hydrogen (secondary N) is 1. The highest BCUT2D eigenvalue weighted by atomic mass is 35.5. The van der Waals surface area contributed by atoms with Gasteiger partial charge >= 0.3 is 5.97 Å². The van der Waals surface area contributed by atoms with E-state index in [1.54, 1.807) is 30.5 Å². The van der Waals surface area contributed by atoms with Gasteiger partial charge < -0.3 is 24.6 Å². The molecule has 2 N–H and O–H groups in total. The fraction of sp³-hybridized carbons (Fsp3) is 0.179. The topological polar surface area (TPSA) is 79.6 Å². The lowest BCUT2D eigenvalue weighted by molar-refractivity contribution is 0.0600. The van der Waals surface area contributed by atoms with Gasteiger partial charge in [0.15, 0.2) is 5.11 Å². The number of benzene rings is 2. The molecule has 0 spiro atoms. The van der Waals surface area contributed by atoms with Crippen LogP contribution >= 0.6 is 23.8 Å². The average Bonchev–Trinajstić information content (AvgIpc) is 3.40. The zero-order valence-electron chi connectivity index (χ0n) is 20.5. The second kappa shape index (κ2) is 9.88. The number of pyridine rings is 1. The quantitative estimate of drug-likeness (QED) is 0.248. The van der Waals surface area contributed by atoms with Crippen LogP contribution in [0.5, 0.6) is 5.75 Å². The summed E-state index contributed by atoms with van der Waals surface area (Å²) in [5.74, 6) is -0.326. The number of nitrogens with zero attached hydrogens (tertiary/aromatic N) is 3. The van der Waals surface area contributed by atoms with Crippen molar-refractivity contribution in [3.8, 4) is 11.4 Å². The van der Waals surface area contributed by atoms with E-state index in [1.165, 1.54) is 7.11 Å². The molecule has 0 amide bonds. The van der Waals surface area contributed by atoms with Gasteiger partial charge in [-0.2, -0.15) is 0 Å². The number of esters is 1. The van der Waals surface area contributed by atoms with Gasteiger partial charge in [0.05, 0.1) is 36.1 Å². The highest BCUT2D eigenvalue weighted by Gasteiger charge is 2.43. The Bertz CT molecular complexity index is 1500. The van der Waals surface area contributed by atoms with Crippen LogP contribution < -0.4 is 10.2 Å². The minimum atomic E-state index is -0.396. The normalized spacial score (nSPS) is 17.1. The third kappa shape index (κ3) is 4.43. The Morgan fingerprint density at radius 2 is 1.92 bits per heavy atom. The molecule has 0 unspecified atom stereocenters. The van der Waals surface area contributed by atoms with Crippen molar-refractivity contribution in [3.63, 3.8) is 0 Å². The first-order valence-corrected chi connectivity index (χ1v) is 12.5. The van der Waals surface area contributed by atoms with Crippen LogP contribution in [0.2, 0.25) is 5.02 Å². The van der Waals surface area contributed by atoms with E-state index in [2.05, 4.69) is 20.9 Å². The van der Waals surface area contributed by atoms with Crippen molar-refractivity contribution in [3.05, 3.63) is 106 Å². The number of hydrogen-bond donors (Lipinski definition) is 2. The standard InChI is InChI=1S/C28H25ClN4O3S/c1-16-13-21(17(2)32(16)20-8-6-7-18(14-20)27(35)36-3)26-25(22-9-4-5-12-30-22)31-28(37)33(26)23-15-19(29)10-11-24(23)34/h4-15,25-26,34H,1-3H3,(H,31,37)/t25-,26-/m0/s1. The van der Waals surface area contributed by atoms with Crippen molar-refractivity contribution in [1.82, 2.24) is 14.9 Å². The lowest BCUT2D eigenvalue weighted by atomic mass is 9.96. The molecule has 37 heavy (non-hydrogen) atoms. The van der Waals surface area contributed by atoms with Crippen molar-refractivity contribution in [2.45, 2.75) is 25.9 Å². The van der Waals surface area contributed by atoms with Gasteiger partial charge in [-0.15, -0.1) is 0 Å². The maximum absolute atomic E-state index is 12.2. The number of thiocarbonyl (C=S) groups is 1. The molecule has 1 saturated heterocycles. The maximum atomic E-state index is 12.2. The van der Waals surface area contributed by atoms with Crippen LogP contribution in [0, 0.1) is 13.8 Å². The second-order valence-corrected chi connectivity index (χ2v) is 9.66. The number of anilines is 1. The highest BCUT2D eigenvalue weighted by molar-refractivity contribution is 7.80. The molecule has 1 aliphatic heterocycles. The van der Waals surface area contributed by atoms with Gasteiger partial charge in [0, 0.05) is 28.3 Å². The molecule has 5 rings (SSSR count). The summed E-state index contributed by atoms with van der Waals surface area (Å²) < 4.78 is 7.01. The van der Waals surface area contributed by atoms with Crippen LogP contribution in [0.3, 0.4) is 0 Å². The van der Waals surface area contributed by atoms with E-state index in [4.69, 9.17) is 28.6 Å². The van der Waals surface area contributed by atoms with Crippen molar-refractivity contribution >= 4 is 40.6 Å². The predicted molar refractivity (Wildman–Crippen MR) is 148 cm³/mol. The lowest BCUT2D eigenvalue weighted by Gasteiger charge is -2.28. The van der Waals surface area contributed by atoms with Crippen LogP contribution in [-0.2, 0) is 4.74 Å². The Kier molecular flexibility index (Phi) is 6.62. The van der Waals surface area contributed by atoms with E-state index < -0.39 is 5.97 Å². The molecule has 3 heterocycles. The number of aromatic nitrogens is 2. The number of aryl methyl sites for hydroxylation is 1. The number of carbonyl (C=O) groups excluding carboxylic acids is 1. The van der Waals surface area contributed by atoms with E-state index in [9.17, 15) is 9.90 Å². The van der Waals surface area contributed by atoms with Crippen LogP contribution in [0.15, 0.2) is 72.9 Å². The van der Waals surface area contributed by atoms with E-state index in [0.29, 0.717) is 21.4 Å². The first kappa shape index (κ1) is 24.8. The number of halogens is 1. The summed E-state index contributed by atoms with van der Waals surface area (Å²) in [6, 6.07) is 19.5. The Labute approximate surface area is 225 Å². The van der Waals surface area contributed by atoms with E-state index >= 15 is 0 Å². The van der Waals surface area contributed by atoms with Crippen molar-refractivity contribution in [2.24, 2.45) is 0 Å². The van der Waals surface area contributed by atoms with E-state index in [1.807, 2.05) is 55.1 Å². The van der Waals surface area contributed by atoms with Crippen LogP contribution in [0.25, 0.3) is 5.69 Å². The molecule has 2 aromatic carbocycles. The molecular formula is C28H25ClN4O3S. The second-order valence-electron chi connectivity index (χ2n) is 8.83. The smallest absolute Gasteiger partial charge is 0.337 e. The number of aromatic hydroxyl groups is 1. The van der Waals surface area contributed by atoms with Gasteiger partial charge in [-0.05, 0) is 86.2 Å². The SMILES string of the molecule is COC(=O)c1cccc(-n2c(C)cc([C@H]3[C@H](c4ccccn4)NC(=S)N3c3cc(Cl)ccc3O)c2C)c1. The molecule has 2 aromatic heterocycles. The molecule has 188 valence electrons. The lowest BCUT2D eigenvalue weighted by Crippen LogP contribution is -2.29. The Balaban J connectivity index is 1.69. The minimum Gasteiger partial charge on any atom is -0.506 e. The summed E-state index contributed by atoms with van der Waals surface area (Å²) in [5.41, 5.74) is 5.55. The molecule has 2 atom stereocenters. The number of carbonyl (C=O) groups is 1. The largest absolute Gasteiger partial charge is 0.506 e. The third-order valence-electron chi connectivity index (χ3n) is 6.61. The Morgan fingerprint density at radius 1 is 1.11 bits per heavy atom. The fourth-order valence-corrected chi connectivity index (χ4v) is 5.50. The monoisotopic (exact) mass is 532 g/mol. The van der Waals surface area contributed by atoms with E-state index in [-0.39, 0.29) is 17.8 Å². The zero-order valence-corrected chi connectivity index (χ0v) is 22.0. The van der Waals surface area contributed by atoms with E-state index in [0.717, 1.165) is 28.3 Å². The predicted octanol–water partition coefficient (Wildman–Crippen LogP) is 5.81. The number of ether oxygens (including phenoxy) is 1. The molecular weight excluding hydrogens is 508 g/mol. The molecule has 0 aliphatic carbocycles. The van der Waals surface area contributed by atoms with Crippen LogP contribution in [0.1, 0.15) is 45.1 Å². The molecule has 1 fully saturated rings. The molecule has 9 heteroatoms. The molecule has 0 radical (unpaired) electrons. The number of rotatable bonds is 5. The van der Waals surface area contributed by atoms with Gasteiger partial charge in [-0.3, -0.25) is 4.98 Å². The fourth-order valence-electron chi connectivity index (χ4n) is 4.99. The van der Waals surface area contributed by atoms with Gasteiger partial charge in [-0.1, -0.05) is 23.7 Å². The summed E-state index contributed by atoms with van der Waals surface area (Å²) in [7, 11) is 1.37. The number of methoxy groups -OCH3 is 1. The summed E-state index contributed by atoms with van der Waals surface area (Å²) in [6.07, 6.45) is 1.75. The average molecular weight is 533 g/mol. The summed E-state index contributed by atoms with van der Waals surface area (Å²) in [4.78, 5) is 18.7. The van der Waals surface area contributed by atoms with Gasteiger partial charge in [-0.25, -0.2) is 4.79 Å². The number of phenolic OH excluding ortho intramolecular Hbond substituents is 1. The van der Waals surface area contributed by atoms with Gasteiger partial charge in [0.25, 0.3) is 0 Å². The molecule has 4 aromatic rings. The summed E-state index contributed by atoms with van der Waals surface area (Å²) >= 11 is 12.1. The Hall–Kier alpha value is -3.88. The molecule has 0 saturated carbocycles. The number of hydrogen-bond acceptors (Lipinski definition) is 5. The Morgan fingerprint density at radius 3 is 2.65 bits per heavy atom. The van der Waals surface area contributed by atoms with Crippen molar-refractivity contribution in [2.75, 3.05) is 12.0 Å². The molecule has 1 aliphatic rings. The summed E-state index contributed by atoms with van der Waals surface area (Å²) in [6.45, 7) is 4.04. The first-order chi connectivity index (χ1) is 17.8. The molecule has 7 nitrogen and oxygen atoms in total. The van der Waals surface area contributed by atoms with Gasteiger partial charge in [0.1, 0.15) is 5.75 Å². The highest BCUT2D eigenvalue weighted by Crippen LogP contribution is 2.46. The minimum absolute atomic E-state index is 0.0693. The van der Waals surface area contributed by atoms with Crippen molar-refractivity contribution in [1.29, 1.82) is 0 Å². The first-order valence-electron chi connectivity index (χ1n) is 11.7. The third-order valence-corrected chi connectivity index (χ3v) is 7.16.